The van der Waals surface area contributed by atoms with Gasteiger partial charge >= 0.3 is 0 Å². The molecule has 0 amide bonds. The molecule has 0 aliphatic carbocycles. The van der Waals surface area contributed by atoms with Crippen LogP contribution in [-0.4, -0.2) is 12.4 Å². The van der Waals surface area contributed by atoms with Crippen molar-refractivity contribution in [1.29, 1.82) is 0 Å². The van der Waals surface area contributed by atoms with Gasteiger partial charge in [-0.15, -0.1) is 0 Å². The minimum Gasteiger partial charge on any atom is -0.386 e. The Morgan fingerprint density at radius 3 is 2.36 bits per heavy atom. The van der Waals surface area contributed by atoms with Gasteiger partial charge in [-0.25, -0.2) is 0 Å². The van der Waals surface area contributed by atoms with Crippen LogP contribution in [0.2, 0.25) is 10.0 Å². The van der Waals surface area contributed by atoms with Crippen molar-refractivity contribution in [3.63, 3.8) is 0 Å². The Hall–Kier alpha value is -0.930. The third kappa shape index (κ3) is 1.94. The molecule has 2 rings (SSSR count). The molecule has 0 spiro atoms. The van der Waals surface area contributed by atoms with E-state index >= 15 is 0 Å². The number of rotatable bonds is 1. The predicted octanol–water partition coefficient (Wildman–Crippen LogP) is 2.48. The highest BCUT2D eigenvalue weighted by molar-refractivity contribution is 6.35. The van der Waals surface area contributed by atoms with Crippen LogP contribution in [0.1, 0.15) is 6.42 Å². The molecule has 5 heteroatoms. The summed E-state index contributed by atoms with van der Waals surface area (Å²) in [5, 5.41) is 7.16. The number of anilines is 1. The van der Waals surface area contributed by atoms with Crippen LogP contribution in [0, 0.1) is 0 Å². The van der Waals surface area contributed by atoms with Gasteiger partial charge in [-0.2, -0.15) is 5.10 Å². The molecule has 0 radical (unpaired) electrons. The molecule has 0 saturated carbocycles. The molecular formula is C9H9Cl2N3. The molecule has 1 aliphatic heterocycles. The van der Waals surface area contributed by atoms with E-state index in [0.717, 1.165) is 18.7 Å². The first-order valence-corrected chi connectivity index (χ1v) is 4.97. The maximum atomic E-state index is 5.87. The zero-order valence-electron chi connectivity index (χ0n) is 7.37. The first kappa shape index (κ1) is 9.62. The fourth-order valence-corrected chi connectivity index (χ4v) is 1.87. The lowest BCUT2D eigenvalue weighted by Crippen LogP contribution is -2.11. The van der Waals surface area contributed by atoms with Crippen LogP contribution in [0.5, 0.6) is 0 Å². The molecule has 74 valence electrons. The highest BCUT2D eigenvalue weighted by Gasteiger charge is 2.14. The van der Waals surface area contributed by atoms with Crippen LogP contribution in [0.4, 0.5) is 5.69 Å². The fraction of sp³-hybridized carbons (Fsp3) is 0.222. The summed E-state index contributed by atoms with van der Waals surface area (Å²) in [6.07, 6.45) is 0.782. The lowest BCUT2D eigenvalue weighted by Gasteiger charge is -2.13. The van der Waals surface area contributed by atoms with Gasteiger partial charge in [0.25, 0.3) is 0 Å². The molecule has 1 aliphatic rings. The number of amidine groups is 1. The number of benzene rings is 1. The van der Waals surface area contributed by atoms with Crippen molar-refractivity contribution in [3.05, 3.63) is 28.2 Å². The number of hydrazone groups is 1. The summed E-state index contributed by atoms with van der Waals surface area (Å²) in [6.45, 7) is 0.780. The smallest absolute Gasteiger partial charge is 0.122 e. The van der Waals surface area contributed by atoms with Crippen LogP contribution < -0.4 is 10.7 Å². The standard InChI is InChI=1S/C9H9Cl2N3/c10-6-3-7(11)5-8(4-6)14-2-1-9(12)13-14/h3-5H,1-2H2,(H2,12,13). The van der Waals surface area contributed by atoms with Crippen molar-refractivity contribution in [2.75, 3.05) is 11.6 Å². The predicted molar refractivity (Wildman–Crippen MR) is 60.0 cm³/mol. The highest BCUT2D eigenvalue weighted by atomic mass is 35.5. The third-order valence-corrected chi connectivity index (χ3v) is 2.41. The Morgan fingerprint density at radius 1 is 1.21 bits per heavy atom. The van der Waals surface area contributed by atoms with Gasteiger partial charge in [-0.1, -0.05) is 23.2 Å². The number of nitrogens with zero attached hydrogens (tertiary/aromatic N) is 2. The van der Waals surface area contributed by atoms with Crippen LogP contribution in [0.3, 0.4) is 0 Å². The largest absolute Gasteiger partial charge is 0.386 e. The van der Waals surface area contributed by atoms with E-state index in [1.165, 1.54) is 0 Å². The van der Waals surface area contributed by atoms with Crippen molar-refractivity contribution < 1.29 is 0 Å². The minimum absolute atomic E-state index is 0.605. The van der Waals surface area contributed by atoms with E-state index in [1.807, 2.05) is 12.1 Å². The first-order chi connectivity index (χ1) is 6.65. The molecule has 0 aromatic heterocycles. The van der Waals surface area contributed by atoms with Crippen molar-refractivity contribution in [1.82, 2.24) is 0 Å². The molecule has 3 nitrogen and oxygen atoms in total. The summed E-state index contributed by atoms with van der Waals surface area (Å²) in [7, 11) is 0. The van der Waals surface area contributed by atoms with Crippen LogP contribution in [0.15, 0.2) is 23.3 Å². The monoisotopic (exact) mass is 229 g/mol. The highest BCUT2D eigenvalue weighted by Crippen LogP contribution is 2.26. The summed E-state index contributed by atoms with van der Waals surface area (Å²) < 4.78 is 0. The van der Waals surface area contributed by atoms with E-state index in [-0.39, 0.29) is 0 Å². The fourth-order valence-electron chi connectivity index (χ4n) is 1.35. The Labute approximate surface area is 92.1 Å². The summed E-state index contributed by atoms with van der Waals surface area (Å²) >= 11 is 11.7. The van der Waals surface area contributed by atoms with Gasteiger partial charge in [0.05, 0.1) is 5.69 Å². The maximum Gasteiger partial charge on any atom is 0.122 e. The van der Waals surface area contributed by atoms with Crippen LogP contribution in [-0.2, 0) is 0 Å². The lowest BCUT2D eigenvalue weighted by molar-refractivity contribution is 0.922. The molecule has 1 aromatic carbocycles. The number of hydrogen-bond donors (Lipinski definition) is 1. The molecule has 0 atom stereocenters. The van der Waals surface area contributed by atoms with Crippen LogP contribution in [0.25, 0.3) is 0 Å². The van der Waals surface area contributed by atoms with Gasteiger partial charge in [-0.05, 0) is 18.2 Å². The molecule has 0 bridgehead atoms. The van der Waals surface area contributed by atoms with Gasteiger partial charge in [0.15, 0.2) is 0 Å². The molecule has 2 N–H and O–H groups in total. The number of nitrogens with two attached hydrogens (primary N) is 1. The average Bonchev–Trinajstić information content (AvgIpc) is 2.50. The van der Waals surface area contributed by atoms with Gasteiger partial charge in [0, 0.05) is 23.0 Å². The first-order valence-electron chi connectivity index (χ1n) is 4.22. The van der Waals surface area contributed by atoms with Gasteiger partial charge in [0.2, 0.25) is 0 Å². The van der Waals surface area contributed by atoms with Gasteiger partial charge < -0.3 is 5.73 Å². The molecule has 0 unspecified atom stereocenters. The van der Waals surface area contributed by atoms with E-state index in [4.69, 9.17) is 28.9 Å². The Morgan fingerprint density at radius 2 is 1.86 bits per heavy atom. The second-order valence-electron chi connectivity index (χ2n) is 3.09. The van der Waals surface area contributed by atoms with Crippen molar-refractivity contribution in [2.24, 2.45) is 10.8 Å². The third-order valence-electron chi connectivity index (χ3n) is 1.97. The minimum atomic E-state index is 0.605. The van der Waals surface area contributed by atoms with E-state index in [1.54, 1.807) is 11.1 Å². The second-order valence-corrected chi connectivity index (χ2v) is 3.96. The maximum absolute atomic E-state index is 5.87. The zero-order valence-corrected chi connectivity index (χ0v) is 8.89. The second kappa shape index (κ2) is 3.67. The summed E-state index contributed by atoms with van der Waals surface area (Å²) in [5.74, 6) is 0.640. The normalized spacial score (nSPS) is 15.9. The van der Waals surface area contributed by atoms with E-state index in [9.17, 15) is 0 Å². The van der Waals surface area contributed by atoms with Crippen molar-refractivity contribution in [3.8, 4) is 0 Å². The number of halogens is 2. The zero-order chi connectivity index (χ0) is 10.1. The Kier molecular flexibility index (Phi) is 2.52. The van der Waals surface area contributed by atoms with Gasteiger partial charge in [0.1, 0.15) is 5.84 Å². The Balaban J connectivity index is 2.32. The molecule has 1 aromatic rings. The topological polar surface area (TPSA) is 41.6 Å². The van der Waals surface area contributed by atoms with Crippen molar-refractivity contribution >= 4 is 34.7 Å². The molecule has 14 heavy (non-hydrogen) atoms. The van der Waals surface area contributed by atoms with E-state index in [2.05, 4.69) is 5.10 Å². The summed E-state index contributed by atoms with van der Waals surface area (Å²) in [6, 6.07) is 5.32. The molecular weight excluding hydrogens is 221 g/mol. The molecule has 0 saturated heterocycles. The quantitative estimate of drug-likeness (QED) is 0.805. The Bertz CT molecular complexity index is 369. The average molecular weight is 230 g/mol. The number of hydrogen-bond acceptors (Lipinski definition) is 3. The summed E-state index contributed by atoms with van der Waals surface area (Å²) in [5.41, 5.74) is 6.46. The SMILES string of the molecule is NC1=NN(c2cc(Cl)cc(Cl)c2)CC1. The molecule has 1 heterocycles. The van der Waals surface area contributed by atoms with E-state index in [0.29, 0.717) is 15.9 Å². The van der Waals surface area contributed by atoms with Crippen LogP contribution >= 0.6 is 23.2 Å². The van der Waals surface area contributed by atoms with E-state index < -0.39 is 0 Å². The van der Waals surface area contributed by atoms with Gasteiger partial charge in [-0.3, -0.25) is 5.01 Å². The lowest BCUT2D eigenvalue weighted by atomic mass is 10.3. The van der Waals surface area contributed by atoms with Crippen molar-refractivity contribution in [2.45, 2.75) is 6.42 Å². The molecule has 0 fully saturated rings. The summed E-state index contributed by atoms with van der Waals surface area (Å²) in [4.78, 5) is 0.